The fourth-order valence-electron chi connectivity index (χ4n) is 0.879. The Morgan fingerprint density at radius 3 is 2.42 bits per heavy atom. The Bertz CT molecular complexity index is 330. The van der Waals surface area contributed by atoms with E-state index in [0.29, 0.717) is 11.3 Å². The minimum absolute atomic E-state index is 0.0717. The van der Waals surface area contributed by atoms with E-state index in [1.807, 2.05) is 26.8 Å². The zero-order chi connectivity index (χ0) is 9.35. The van der Waals surface area contributed by atoms with Crippen molar-refractivity contribution in [3.8, 4) is 6.07 Å². The van der Waals surface area contributed by atoms with Crippen LogP contribution >= 0.6 is 11.6 Å². The van der Waals surface area contributed by atoms with Gasteiger partial charge in [-0.25, -0.2) is 0 Å². The molecular weight excluding hydrogens is 176 g/mol. The highest BCUT2D eigenvalue weighted by atomic mass is 35.5. The van der Waals surface area contributed by atoms with Crippen molar-refractivity contribution in [2.45, 2.75) is 26.2 Å². The highest BCUT2D eigenvalue weighted by Gasteiger charge is 2.25. The molecular formula is C8H9ClN2O. The Kier molecular flexibility index (Phi) is 2.12. The van der Waals surface area contributed by atoms with Crippen LogP contribution in [0.25, 0.3) is 0 Å². The second kappa shape index (κ2) is 2.80. The fourth-order valence-corrected chi connectivity index (χ4v) is 1.05. The highest BCUT2D eigenvalue weighted by molar-refractivity contribution is 6.30. The minimum atomic E-state index is -0.207. The van der Waals surface area contributed by atoms with Gasteiger partial charge in [0.15, 0.2) is 0 Å². The number of hydrogen-bond acceptors (Lipinski definition) is 3. The first-order chi connectivity index (χ1) is 5.46. The zero-order valence-corrected chi connectivity index (χ0v) is 7.94. The topological polar surface area (TPSA) is 49.8 Å². The molecule has 3 nitrogen and oxygen atoms in total. The van der Waals surface area contributed by atoms with E-state index in [2.05, 4.69) is 5.16 Å². The van der Waals surface area contributed by atoms with E-state index >= 15 is 0 Å². The molecule has 0 aliphatic carbocycles. The smallest absolute Gasteiger partial charge is 0.244 e. The quantitative estimate of drug-likeness (QED) is 0.623. The molecule has 0 aromatic carbocycles. The second-order valence-corrected chi connectivity index (χ2v) is 3.88. The van der Waals surface area contributed by atoms with Crippen molar-refractivity contribution < 1.29 is 4.52 Å². The van der Waals surface area contributed by atoms with Crippen molar-refractivity contribution in [1.29, 1.82) is 5.26 Å². The fraction of sp³-hybridized carbons (Fsp3) is 0.500. The van der Waals surface area contributed by atoms with Crippen LogP contribution in [0, 0.1) is 11.3 Å². The number of hydrogen-bond donors (Lipinski definition) is 0. The lowest BCUT2D eigenvalue weighted by molar-refractivity contribution is 0.394. The van der Waals surface area contributed by atoms with Crippen molar-refractivity contribution in [3.05, 3.63) is 16.5 Å². The molecule has 1 heterocycles. The summed E-state index contributed by atoms with van der Waals surface area (Å²) in [6, 6.07) is 1.96. The summed E-state index contributed by atoms with van der Waals surface area (Å²) >= 11 is 5.60. The molecule has 0 saturated heterocycles. The average molecular weight is 185 g/mol. The highest BCUT2D eigenvalue weighted by Crippen LogP contribution is 2.28. The van der Waals surface area contributed by atoms with E-state index in [0.717, 1.165) is 0 Å². The molecule has 0 atom stereocenters. The summed E-state index contributed by atoms with van der Waals surface area (Å²) in [5.41, 5.74) is 0.737. The van der Waals surface area contributed by atoms with Crippen molar-refractivity contribution in [3.63, 3.8) is 0 Å². The van der Waals surface area contributed by atoms with Gasteiger partial charge in [0.05, 0.1) is 0 Å². The molecule has 1 aromatic rings. The summed E-state index contributed by atoms with van der Waals surface area (Å²) in [7, 11) is 0. The molecule has 0 bridgehead atoms. The largest absolute Gasteiger partial charge is 0.343 e. The van der Waals surface area contributed by atoms with E-state index in [1.54, 1.807) is 0 Å². The van der Waals surface area contributed by atoms with Crippen LogP contribution in [0.3, 0.4) is 0 Å². The van der Waals surface area contributed by atoms with Gasteiger partial charge in [-0.2, -0.15) is 5.26 Å². The van der Waals surface area contributed by atoms with Gasteiger partial charge in [0.1, 0.15) is 17.3 Å². The van der Waals surface area contributed by atoms with E-state index < -0.39 is 0 Å². The minimum Gasteiger partial charge on any atom is -0.343 e. The van der Waals surface area contributed by atoms with Gasteiger partial charge in [0, 0.05) is 5.41 Å². The van der Waals surface area contributed by atoms with Crippen molar-refractivity contribution in [2.24, 2.45) is 0 Å². The van der Waals surface area contributed by atoms with Gasteiger partial charge in [-0.3, -0.25) is 0 Å². The maximum Gasteiger partial charge on any atom is 0.244 e. The predicted molar refractivity (Wildman–Crippen MR) is 44.9 cm³/mol. The van der Waals surface area contributed by atoms with Crippen LogP contribution < -0.4 is 0 Å². The predicted octanol–water partition coefficient (Wildman–Crippen LogP) is 2.50. The van der Waals surface area contributed by atoms with E-state index in [1.165, 1.54) is 0 Å². The van der Waals surface area contributed by atoms with E-state index in [9.17, 15) is 0 Å². The van der Waals surface area contributed by atoms with Crippen molar-refractivity contribution in [2.75, 3.05) is 0 Å². The van der Waals surface area contributed by atoms with Gasteiger partial charge in [-0.15, -0.1) is 0 Å². The first-order valence-corrected chi connectivity index (χ1v) is 3.90. The Morgan fingerprint density at radius 2 is 2.08 bits per heavy atom. The zero-order valence-electron chi connectivity index (χ0n) is 7.18. The van der Waals surface area contributed by atoms with Gasteiger partial charge in [0.25, 0.3) is 0 Å². The molecule has 0 unspecified atom stereocenters. The second-order valence-electron chi connectivity index (χ2n) is 3.54. The number of aromatic nitrogens is 1. The molecule has 0 spiro atoms. The van der Waals surface area contributed by atoms with Crippen LogP contribution in [0.15, 0.2) is 4.52 Å². The Hall–Kier alpha value is -1.01. The first kappa shape index (κ1) is 9.08. The lowest BCUT2D eigenvalue weighted by atomic mass is 9.90. The Labute approximate surface area is 75.9 Å². The molecule has 64 valence electrons. The SMILES string of the molecule is CC(C)(C)c1noc(Cl)c1C#N. The first-order valence-electron chi connectivity index (χ1n) is 3.52. The molecule has 1 rings (SSSR count). The molecule has 0 saturated carbocycles. The molecule has 0 fully saturated rings. The third-order valence-electron chi connectivity index (χ3n) is 1.47. The van der Waals surface area contributed by atoms with Crippen LogP contribution in [-0.2, 0) is 5.41 Å². The summed E-state index contributed by atoms with van der Waals surface area (Å²) in [6.07, 6.45) is 0. The summed E-state index contributed by atoms with van der Waals surface area (Å²) in [6.45, 7) is 5.84. The van der Waals surface area contributed by atoms with Gasteiger partial charge < -0.3 is 4.52 Å². The average Bonchev–Trinajstić information content (AvgIpc) is 2.29. The number of rotatable bonds is 0. The van der Waals surface area contributed by atoms with Gasteiger partial charge in [0.2, 0.25) is 5.22 Å². The molecule has 0 aliphatic rings. The summed E-state index contributed by atoms with van der Waals surface area (Å²) in [5.74, 6) is 0. The molecule has 12 heavy (non-hydrogen) atoms. The number of halogens is 1. The molecule has 0 N–H and O–H groups in total. The summed E-state index contributed by atoms with van der Waals surface area (Å²) < 4.78 is 4.71. The summed E-state index contributed by atoms with van der Waals surface area (Å²) in [5, 5.41) is 12.5. The Morgan fingerprint density at radius 1 is 1.50 bits per heavy atom. The lowest BCUT2D eigenvalue weighted by Crippen LogP contribution is -2.13. The third kappa shape index (κ3) is 1.44. The molecule has 0 amide bonds. The van der Waals surface area contributed by atoms with Crippen molar-refractivity contribution >= 4 is 11.6 Å². The normalized spacial score (nSPS) is 11.2. The van der Waals surface area contributed by atoms with Crippen LogP contribution in [0.5, 0.6) is 0 Å². The monoisotopic (exact) mass is 184 g/mol. The number of nitriles is 1. The Balaban J connectivity index is 3.28. The molecule has 4 heteroatoms. The standard InChI is InChI=1S/C8H9ClN2O/c1-8(2,3)6-5(4-10)7(9)12-11-6/h1-3H3. The van der Waals surface area contributed by atoms with Gasteiger partial charge in [-0.05, 0) is 11.6 Å². The summed E-state index contributed by atoms with van der Waals surface area (Å²) in [4.78, 5) is 0. The maximum atomic E-state index is 8.72. The van der Waals surface area contributed by atoms with Crippen molar-refractivity contribution in [1.82, 2.24) is 5.16 Å². The van der Waals surface area contributed by atoms with Crippen LogP contribution in [0.2, 0.25) is 5.22 Å². The third-order valence-corrected chi connectivity index (χ3v) is 1.73. The van der Waals surface area contributed by atoms with E-state index in [4.69, 9.17) is 21.4 Å². The van der Waals surface area contributed by atoms with Gasteiger partial charge in [-0.1, -0.05) is 25.9 Å². The molecule has 1 aromatic heterocycles. The number of nitrogens with zero attached hydrogens (tertiary/aromatic N) is 2. The lowest BCUT2D eigenvalue weighted by Gasteiger charge is -2.13. The molecule has 0 aliphatic heterocycles. The van der Waals surface area contributed by atoms with Crippen LogP contribution in [0.4, 0.5) is 0 Å². The van der Waals surface area contributed by atoms with Crippen LogP contribution in [0.1, 0.15) is 32.0 Å². The van der Waals surface area contributed by atoms with Gasteiger partial charge >= 0.3 is 0 Å². The van der Waals surface area contributed by atoms with E-state index in [-0.39, 0.29) is 10.6 Å². The van der Waals surface area contributed by atoms with Crippen LogP contribution in [-0.4, -0.2) is 5.16 Å². The molecule has 0 radical (unpaired) electrons. The maximum absolute atomic E-state index is 8.72.